The zero-order chi connectivity index (χ0) is 11.7. The predicted molar refractivity (Wildman–Crippen MR) is 65.8 cm³/mol. The summed E-state index contributed by atoms with van der Waals surface area (Å²) in [5.74, 6) is 0.525. The third kappa shape index (κ3) is 2.04. The fourth-order valence-electron chi connectivity index (χ4n) is 2.34. The summed E-state index contributed by atoms with van der Waals surface area (Å²) >= 11 is 0. The van der Waals surface area contributed by atoms with Crippen LogP contribution in [-0.2, 0) is 11.3 Å². The molecule has 1 aliphatic heterocycles. The second-order valence-corrected chi connectivity index (χ2v) is 4.50. The van der Waals surface area contributed by atoms with Gasteiger partial charge in [-0.05, 0) is 29.5 Å². The van der Waals surface area contributed by atoms with Gasteiger partial charge in [0.05, 0.1) is 18.9 Å². The van der Waals surface area contributed by atoms with E-state index in [-0.39, 0.29) is 6.61 Å². The van der Waals surface area contributed by atoms with Crippen molar-refractivity contribution in [2.45, 2.75) is 18.9 Å². The van der Waals surface area contributed by atoms with Gasteiger partial charge in [-0.2, -0.15) is 0 Å². The van der Waals surface area contributed by atoms with Crippen molar-refractivity contribution in [2.75, 3.05) is 13.2 Å². The summed E-state index contributed by atoms with van der Waals surface area (Å²) in [5, 5.41) is 11.3. The van der Waals surface area contributed by atoms with Crippen LogP contribution in [-0.4, -0.2) is 23.3 Å². The number of nitrogens with zero attached hydrogens (tertiary/aromatic N) is 1. The molecule has 0 aliphatic carbocycles. The number of pyridine rings is 1. The highest BCUT2D eigenvalue weighted by atomic mass is 16.5. The van der Waals surface area contributed by atoms with E-state index >= 15 is 0 Å². The molecule has 2 heterocycles. The molecule has 1 aliphatic rings. The summed E-state index contributed by atoms with van der Waals surface area (Å²) < 4.78 is 5.41. The van der Waals surface area contributed by atoms with Crippen LogP contribution in [0, 0.1) is 0 Å². The van der Waals surface area contributed by atoms with E-state index in [1.807, 2.05) is 12.3 Å². The van der Waals surface area contributed by atoms with Gasteiger partial charge in [-0.15, -0.1) is 0 Å². The monoisotopic (exact) mass is 229 g/mol. The number of aromatic nitrogens is 1. The minimum Gasteiger partial charge on any atom is -0.390 e. The summed E-state index contributed by atoms with van der Waals surface area (Å²) in [7, 11) is 0. The molecular weight excluding hydrogens is 214 g/mol. The first-order valence-corrected chi connectivity index (χ1v) is 5.94. The number of fused-ring (bicyclic) bond motifs is 1. The Hall–Kier alpha value is -1.45. The standard InChI is InChI=1S/C14H15NO2/c16-8-14-6-11-2-1-10(5-13(11)7-15-14)12-3-4-17-9-12/h1-2,5-7,12,16H,3-4,8-9H2/t12-/m1/s1. The molecule has 1 atom stereocenters. The van der Waals surface area contributed by atoms with Gasteiger partial charge in [0.1, 0.15) is 0 Å². The fourth-order valence-corrected chi connectivity index (χ4v) is 2.34. The van der Waals surface area contributed by atoms with E-state index in [9.17, 15) is 0 Å². The number of ether oxygens (including phenoxy) is 1. The van der Waals surface area contributed by atoms with Gasteiger partial charge >= 0.3 is 0 Å². The quantitative estimate of drug-likeness (QED) is 0.858. The Kier molecular flexibility index (Phi) is 2.79. The van der Waals surface area contributed by atoms with Crippen molar-refractivity contribution in [1.29, 1.82) is 0 Å². The third-order valence-corrected chi connectivity index (χ3v) is 3.37. The normalized spacial score (nSPS) is 19.9. The summed E-state index contributed by atoms with van der Waals surface area (Å²) in [6.45, 7) is 1.69. The van der Waals surface area contributed by atoms with Crippen molar-refractivity contribution < 1.29 is 9.84 Å². The van der Waals surface area contributed by atoms with Crippen LogP contribution in [0.4, 0.5) is 0 Å². The molecule has 3 heteroatoms. The predicted octanol–water partition coefficient (Wildman–Crippen LogP) is 2.23. The van der Waals surface area contributed by atoms with Crippen molar-refractivity contribution in [1.82, 2.24) is 4.98 Å². The maximum atomic E-state index is 9.05. The van der Waals surface area contributed by atoms with Gasteiger partial charge in [0, 0.05) is 24.1 Å². The molecule has 0 saturated carbocycles. The van der Waals surface area contributed by atoms with Crippen LogP contribution in [0.3, 0.4) is 0 Å². The van der Waals surface area contributed by atoms with E-state index in [1.54, 1.807) is 0 Å². The molecule has 88 valence electrons. The molecule has 0 unspecified atom stereocenters. The number of aliphatic hydroxyl groups is 1. The molecule has 3 nitrogen and oxygen atoms in total. The van der Waals surface area contributed by atoms with Gasteiger partial charge < -0.3 is 9.84 Å². The van der Waals surface area contributed by atoms with E-state index in [2.05, 4.69) is 23.2 Å². The molecule has 1 N–H and O–H groups in total. The fraction of sp³-hybridized carbons (Fsp3) is 0.357. The van der Waals surface area contributed by atoms with Crippen molar-refractivity contribution in [3.63, 3.8) is 0 Å². The van der Waals surface area contributed by atoms with Gasteiger partial charge in [0.2, 0.25) is 0 Å². The Morgan fingerprint density at radius 1 is 1.29 bits per heavy atom. The second kappa shape index (κ2) is 4.43. The highest BCUT2D eigenvalue weighted by Crippen LogP contribution is 2.27. The second-order valence-electron chi connectivity index (χ2n) is 4.50. The van der Waals surface area contributed by atoms with Crippen LogP contribution in [0.25, 0.3) is 10.8 Å². The van der Waals surface area contributed by atoms with Gasteiger partial charge in [-0.3, -0.25) is 4.98 Å². The zero-order valence-corrected chi connectivity index (χ0v) is 9.60. The maximum Gasteiger partial charge on any atom is 0.0853 e. The lowest BCUT2D eigenvalue weighted by atomic mass is 9.96. The van der Waals surface area contributed by atoms with Gasteiger partial charge in [-0.1, -0.05) is 12.1 Å². The smallest absolute Gasteiger partial charge is 0.0853 e. The first-order valence-electron chi connectivity index (χ1n) is 5.94. The van der Waals surface area contributed by atoms with Crippen LogP contribution in [0.15, 0.2) is 30.5 Å². The van der Waals surface area contributed by atoms with Crippen molar-refractivity contribution in [3.05, 3.63) is 41.7 Å². The number of hydrogen-bond acceptors (Lipinski definition) is 3. The van der Waals surface area contributed by atoms with Crippen molar-refractivity contribution in [3.8, 4) is 0 Å². The average molecular weight is 229 g/mol. The van der Waals surface area contributed by atoms with E-state index in [0.717, 1.165) is 36.1 Å². The molecule has 0 spiro atoms. The SMILES string of the molecule is OCc1cc2ccc([C@@H]3CCOC3)cc2cn1. The molecule has 1 saturated heterocycles. The molecule has 3 rings (SSSR count). The van der Waals surface area contributed by atoms with Crippen LogP contribution < -0.4 is 0 Å². The zero-order valence-electron chi connectivity index (χ0n) is 9.60. The number of hydrogen-bond donors (Lipinski definition) is 1. The van der Waals surface area contributed by atoms with E-state index in [0.29, 0.717) is 5.92 Å². The lowest BCUT2D eigenvalue weighted by Crippen LogP contribution is -1.97. The molecular formula is C14H15NO2. The lowest BCUT2D eigenvalue weighted by Gasteiger charge is -2.09. The Morgan fingerprint density at radius 2 is 2.24 bits per heavy atom. The van der Waals surface area contributed by atoms with Crippen LogP contribution >= 0.6 is 0 Å². The molecule has 1 aromatic carbocycles. The number of benzene rings is 1. The van der Waals surface area contributed by atoms with E-state index < -0.39 is 0 Å². The maximum absolute atomic E-state index is 9.05. The summed E-state index contributed by atoms with van der Waals surface area (Å²) in [5.41, 5.74) is 2.04. The Labute approximate surface area is 100 Å². The molecule has 0 bridgehead atoms. The van der Waals surface area contributed by atoms with Gasteiger partial charge in [0.25, 0.3) is 0 Å². The van der Waals surface area contributed by atoms with Crippen LogP contribution in [0.1, 0.15) is 23.6 Å². The van der Waals surface area contributed by atoms with Gasteiger partial charge in [0.15, 0.2) is 0 Å². The molecule has 0 radical (unpaired) electrons. The number of rotatable bonds is 2. The molecule has 17 heavy (non-hydrogen) atoms. The molecule has 0 amide bonds. The van der Waals surface area contributed by atoms with Crippen molar-refractivity contribution >= 4 is 10.8 Å². The van der Waals surface area contributed by atoms with E-state index in [4.69, 9.17) is 9.84 Å². The highest BCUT2D eigenvalue weighted by Gasteiger charge is 2.17. The topological polar surface area (TPSA) is 42.4 Å². The Bertz CT molecular complexity index is 533. The summed E-state index contributed by atoms with van der Waals surface area (Å²) in [6, 6.07) is 8.37. The first kappa shape index (κ1) is 10.7. The van der Waals surface area contributed by atoms with Crippen molar-refractivity contribution in [2.24, 2.45) is 0 Å². The minimum absolute atomic E-state index is 0.00580. The van der Waals surface area contributed by atoms with Crippen LogP contribution in [0.5, 0.6) is 0 Å². The minimum atomic E-state index is -0.00580. The summed E-state index contributed by atoms with van der Waals surface area (Å²) in [6.07, 6.45) is 2.94. The van der Waals surface area contributed by atoms with Crippen LogP contribution in [0.2, 0.25) is 0 Å². The average Bonchev–Trinajstić information content (AvgIpc) is 2.91. The summed E-state index contributed by atoms with van der Waals surface area (Å²) in [4.78, 5) is 4.21. The molecule has 2 aromatic rings. The third-order valence-electron chi connectivity index (χ3n) is 3.37. The molecule has 1 fully saturated rings. The first-order chi connectivity index (χ1) is 8.36. The van der Waals surface area contributed by atoms with Gasteiger partial charge in [-0.25, -0.2) is 0 Å². The van der Waals surface area contributed by atoms with E-state index in [1.165, 1.54) is 5.56 Å². The lowest BCUT2D eigenvalue weighted by molar-refractivity contribution is 0.194. The highest BCUT2D eigenvalue weighted by molar-refractivity contribution is 5.82. The largest absolute Gasteiger partial charge is 0.390 e. The Balaban J connectivity index is 2.01. The number of aliphatic hydroxyl groups excluding tert-OH is 1. The molecule has 1 aromatic heterocycles. The Morgan fingerprint density at radius 3 is 3.00 bits per heavy atom.